The van der Waals surface area contributed by atoms with Crippen molar-refractivity contribution in [3.05, 3.63) is 77.5 Å². The van der Waals surface area contributed by atoms with Crippen molar-refractivity contribution in [2.45, 2.75) is 19.9 Å². The highest BCUT2D eigenvalue weighted by atomic mass is 79.9. The highest BCUT2D eigenvalue weighted by Gasteiger charge is 2.07. The van der Waals surface area contributed by atoms with E-state index in [2.05, 4.69) is 46.5 Å². The molecule has 4 aromatic rings. The minimum atomic E-state index is 0.479. The van der Waals surface area contributed by atoms with Crippen molar-refractivity contribution in [2.75, 3.05) is 17.2 Å². The maximum atomic E-state index is 5.80. The summed E-state index contributed by atoms with van der Waals surface area (Å²) in [5.41, 5.74) is 1.80. The second kappa shape index (κ2) is 10.0. The molecule has 0 fully saturated rings. The average Bonchev–Trinajstić information content (AvgIpc) is 3.28. The molecule has 8 nitrogen and oxygen atoms in total. The number of anilines is 4. The van der Waals surface area contributed by atoms with Gasteiger partial charge in [0.25, 0.3) is 0 Å². The largest absolute Gasteiger partial charge is 0.494 e. The van der Waals surface area contributed by atoms with E-state index in [9.17, 15) is 0 Å². The van der Waals surface area contributed by atoms with Gasteiger partial charge in [-0.1, -0.05) is 6.07 Å². The second-order valence-corrected chi connectivity index (χ2v) is 7.69. The van der Waals surface area contributed by atoms with Gasteiger partial charge in [-0.2, -0.15) is 4.98 Å². The average molecular weight is 480 g/mol. The number of aryl methyl sites for hydroxylation is 2. The van der Waals surface area contributed by atoms with Gasteiger partial charge in [-0.05, 0) is 65.7 Å². The van der Waals surface area contributed by atoms with E-state index in [-0.39, 0.29) is 0 Å². The van der Waals surface area contributed by atoms with Crippen molar-refractivity contribution in [1.82, 2.24) is 24.5 Å². The van der Waals surface area contributed by atoms with Crippen molar-refractivity contribution >= 4 is 39.2 Å². The van der Waals surface area contributed by atoms with Crippen LogP contribution in [-0.4, -0.2) is 31.1 Å². The molecule has 1 aromatic carbocycles. The van der Waals surface area contributed by atoms with Gasteiger partial charge in [0, 0.05) is 36.5 Å². The lowest BCUT2D eigenvalue weighted by atomic mass is 10.3. The first-order chi connectivity index (χ1) is 15.2. The molecule has 9 heteroatoms. The van der Waals surface area contributed by atoms with Gasteiger partial charge in [0.1, 0.15) is 11.6 Å². The zero-order chi connectivity index (χ0) is 21.5. The lowest BCUT2D eigenvalue weighted by Crippen LogP contribution is -2.04. The highest BCUT2D eigenvalue weighted by molar-refractivity contribution is 9.10. The lowest BCUT2D eigenvalue weighted by molar-refractivity contribution is 0.302. The molecule has 3 aromatic heterocycles. The van der Waals surface area contributed by atoms with Crippen LogP contribution in [0.15, 0.2) is 71.9 Å². The van der Waals surface area contributed by atoms with E-state index in [1.165, 1.54) is 0 Å². The number of benzene rings is 1. The van der Waals surface area contributed by atoms with Crippen molar-refractivity contribution in [3.8, 4) is 5.75 Å². The SMILES string of the molecule is Cc1cccc(Nc2nc(Nc3ccc(OCCCn4ccnc4)cc3)ncc2Br)n1. The molecule has 0 unspecified atom stereocenters. The summed E-state index contributed by atoms with van der Waals surface area (Å²) >= 11 is 3.48. The Morgan fingerprint density at radius 1 is 1.06 bits per heavy atom. The summed E-state index contributed by atoms with van der Waals surface area (Å²) in [5.74, 6) is 2.65. The summed E-state index contributed by atoms with van der Waals surface area (Å²) in [6, 6.07) is 13.5. The topological polar surface area (TPSA) is 89.8 Å². The summed E-state index contributed by atoms with van der Waals surface area (Å²) in [4.78, 5) is 17.4. The Morgan fingerprint density at radius 2 is 1.94 bits per heavy atom. The number of imidazole rings is 1. The molecule has 0 saturated carbocycles. The number of nitrogens with one attached hydrogen (secondary N) is 2. The van der Waals surface area contributed by atoms with Gasteiger partial charge in [-0.3, -0.25) is 0 Å². The van der Waals surface area contributed by atoms with Crippen LogP contribution in [0.4, 0.5) is 23.3 Å². The van der Waals surface area contributed by atoms with Crippen molar-refractivity contribution < 1.29 is 4.74 Å². The van der Waals surface area contributed by atoms with E-state index in [0.717, 1.165) is 40.4 Å². The van der Waals surface area contributed by atoms with Crippen molar-refractivity contribution in [3.63, 3.8) is 0 Å². The van der Waals surface area contributed by atoms with E-state index < -0.39 is 0 Å². The fourth-order valence-electron chi connectivity index (χ4n) is 2.87. The van der Waals surface area contributed by atoms with Crippen LogP contribution in [0.5, 0.6) is 5.75 Å². The number of nitrogens with zero attached hydrogens (tertiary/aromatic N) is 5. The van der Waals surface area contributed by atoms with Crippen molar-refractivity contribution in [1.29, 1.82) is 0 Å². The smallest absolute Gasteiger partial charge is 0.229 e. The molecule has 3 heterocycles. The molecular formula is C22H22BrN7O. The van der Waals surface area contributed by atoms with Crippen LogP contribution in [0.25, 0.3) is 0 Å². The summed E-state index contributed by atoms with van der Waals surface area (Å²) in [6.45, 7) is 3.47. The Balaban J connectivity index is 1.33. The molecule has 158 valence electrons. The quantitative estimate of drug-likeness (QED) is 0.323. The molecule has 0 saturated heterocycles. The molecule has 0 radical (unpaired) electrons. The predicted molar refractivity (Wildman–Crippen MR) is 124 cm³/mol. The molecule has 0 bridgehead atoms. The molecule has 2 N–H and O–H groups in total. The minimum Gasteiger partial charge on any atom is -0.494 e. The zero-order valence-corrected chi connectivity index (χ0v) is 18.6. The number of rotatable bonds is 9. The third-order valence-electron chi connectivity index (χ3n) is 4.38. The molecular weight excluding hydrogens is 458 g/mol. The van der Waals surface area contributed by atoms with E-state index in [4.69, 9.17) is 4.74 Å². The molecule has 4 rings (SSSR count). The van der Waals surface area contributed by atoms with Crippen LogP contribution in [0, 0.1) is 6.92 Å². The molecule has 0 aliphatic heterocycles. The van der Waals surface area contributed by atoms with Crippen LogP contribution in [0.1, 0.15) is 12.1 Å². The first kappa shape index (κ1) is 20.8. The van der Waals surface area contributed by atoms with Crippen LogP contribution in [-0.2, 0) is 6.54 Å². The Morgan fingerprint density at radius 3 is 2.71 bits per heavy atom. The Hall–Kier alpha value is -3.46. The maximum absolute atomic E-state index is 5.80. The van der Waals surface area contributed by atoms with Gasteiger partial charge in [-0.15, -0.1) is 0 Å². The number of ether oxygens (including phenoxy) is 1. The Labute approximate surface area is 188 Å². The van der Waals surface area contributed by atoms with E-state index in [0.29, 0.717) is 18.4 Å². The third-order valence-corrected chi connectivity index (χ3v) is 4.96. The van der Waals surface area contributed by atoms with Gasteiger partial charge in [-0.25, -0.2) is 15.0 Å². The van der Waals surface area contributed by atoms with Gasteiger partial charge < -0.3 is 19.9 Å². The van der Waals surface area contributed by atoms with E-state index >= 15 is 0 Å². The molecule has 0 atom stereocenters. The van der Waals surface area contributed by atoms with Gasteiger partial charge in [0.15, 0.2) is 5.82 Å². The summed E-state index contributed by atoms with van der Waals surface area (Å²) in [6.07, 6.45) is 8.14. The van der Waals surface area contributed by atoms with Gasteiger partial charge in [0.2, 0.25) is 5.95 Å². The highest BCUT2D eigenvalue weighted by Crippen LogP contribution is 2.25. The van der Waals surface area contributed by atoms with Gasteiger partial charge >= 0.3 is 0 Å². The number of hydrogen-bond donors (Lipinski definition) is 2. The standard InChI is InChI=1S/C22H22BrN7O/c1-16-4-2-5-20(26-16)28-21-19(23)14-25-22(29-21)27-17-6-8-18(9-7-17)31-13-3-11-30-12-10-24-15-30/h2,4-10,12,14-15H,3,11,13H2,1H3,(H2,25,26,27,28,29). The van der Waals surface area contributed by atoms with Crippen LogP contribution in [0.2, 0.25) is 0 Å². The fraction of sp³-hybridized carbons (Fsp3) is 0.182. The van der Waals surface area contributed by atoms with Gasteiger partial charge in [0.05, 0.1) is 17.4 Å². The normalized spacial score (nSPS) is 10.6. The van der Waals surface area contributed by atoms with E-state index in [1.54, 1.807) is 12.4 Å². The first-order valence-corrected chi connectivity index (χ1v) is 10.6. The molecule has 0 aliphatic carbocycles. The predicted octanol–water partition coefficient (Wildman–Crippen LogP) is 5.10. The molecule has 0 spiro atoms. The summed E-state index contributed by atoms with van der Waals surface area (Å²) in [7, 11) is 0. The number of halogens is 1. The molecule has 0 aliphatic rings. The van der Waals surface area contributed by atoms with Crippen LogP contribution in [0.3, 0.4) is 0 Å². The fourth-order valence-corrected chi connectivity index (χ4v) is 3.16. The lowest BCUT2D eigenvalue weighted by Gasteiger charge is -2.11. The number of pyridine rings is 1. The minimum absolute atomic E-state index is 0.479. The number of hydrogen-bond acceptors (Lipinski definition) is 7. The Kier molecular flexibility index (Phi) is 6.73. The van der Waals surface area contributed by atoms with Crippen LogP contribution >= 0.6 is 15.9 Å². The Bertz CT molecular complexity index is 1120. The monoisotopic (exact) mass is 479 g/mol. The third kappa shape index (κ3) is 6.02. The summed E-state index contributed by atoms with van der Waals surface area (Å²) < 4.78 is 8.59. The molecule has 0 amide bonds. The zero-order valence-electron chi connectivity index (χ0n) is 17.0. The number of aromatic nitrogens is 5. The first-order valence-electron chi connectivity index (χ1n) is 9.84. The van der Waals surface area contributed by atoms with Crippen LogP contribution < -0.4 is 15.4 Å². The molecule has 31 heavy (non-hydrogen) atoms. The maximum Gasteiger partial charge on any atom is 0.229 e. The van der Waals surface area contributed by atoms with Crippen molar-refractivity contribution in [2.24, 2.45) is 0 Å². The van der Waals surface area contributed by atoms with E-state index in [1.807, 2.05) is 66.5 Å². The second-order valence-electron chi connectivity index (χ2n) is 6.83. The summed E-state index contributed by atoms with van der Waals surface area (Å²) in [5, 5.41) is 6.42.